The molecule has 25 heavy (non-hydrogen) atoms. The SMILES string of the molecule is CCNOc1ccc2c3c1O[C@@]1(C)[C@@H](O)C=C[C@H]4[C@@H](C2)N(C)CC[C@@]341. The van der Waals surface area contributed by atoms with Gasteiger partial charge in [0.05, 0.1) is 5.41 Å². The first kappa shape index (κ1) is 15.7. The Morgan fingerprint density at radius 3 is 3.04 bits per heavy atom. The van der Waals surface area contributed by atoms with Crippen LogP contribution < -0.4 is 15.1 Å². The van der Waals surface area contributed by atoms with Crippen molar-refractivity contribution >= 4 is 0 Å². The Morgan fingerprint density at radius 1 is 1.40 bits per heavy atom. The summed E-state index contributed by atoms with van der Waals surface area (Å²) in [5.41, 5.74) is 4.75. The molecule has 0 saturated carbocycles. The van der Waals surface area contributed by atoms with Gasteiger partial charge in [0.25, 0.3) is 0 Å². The minimum atomic E-state index is -0.644. The van der Waals surface area contributed by atoms with Crippen LogP contribution in [-0.4, -0.2) is 47.9 Å². The monoisotopic (exact) mass is 342 g/mol. The fraction of sp³-hybridized carbons (Fsp3) is 0.600. The molecule has 2 aliphatic carbocycles. The molecular weight excluding hydrogens is 316 g/mol. The first-order valence-corrected chi connectivity index (χ1v) is 9.34. The molecule has 1 fully saturated rings. The number of likely N-dealkylation sites (tertiary alicyclic amines) is 1. The number of benzene rings is 1. The highest BCUT2D eigenvalue weighted by Gasteiger charge is 2.70. The second-order valence-electron chi connectivity index (χ2n) is 8.06. The third-order valence-corrected chi connectivity index (χ3v) is 7.08. The van der Waals surface area contributed by atoms with Crippen molar-refractivity contribution < 1.29 is 14.7 Å². The van der Waals surface area contributed by atoms with Gasteiger partial charge in [-0.05, 0) is 51.9 Å². The zero-order valence-electron chi connectivity index (χ0n) is 15.1. The second-order valence-corrected chi connectivity index (χ2v) is 8.06. The van der Waals surface area contributed by atoms with Crippen molar-refractivity contribution in [1.29, 1.82) is 0 Å². The molecule has 5 heteroatoms. The van der Waals surface area contributed by atoms with Crippen LogP contribution >= 0.6 is 0 Å². The second kappa shape index (κ2) is 5.00. The van der Waals surface area contributed by atoms with Crippen LogP contribution in [0, 0.1) is 5.92 Å². The topological polar surface area (TPSA) is 54.0 Å². The van der Waals surface area contributed by atoms with E-state index in [-0.39, 0.29) is 5.41 Å². The molecule has 2 N–H and O–H groups in total. The number of aliphatic hydroxyl groups is 1. The first-order chi connectivity index (χ1) is 12.0. The summed E-state index contributed by atoms with van der Waals surface area (Å²) in [5, 5.41) is 10.9. The molecule has 0 unspecified atom stereocenters. The molecule has 4 aliphatic rings. The van der Waals surface area contributed by atoms with Gasteiger partial charge in [0.1, 0.15) is 11.7 Å². The van der Waals surface area contributed by atoms with E-state index in [2.05, 4.69) is 36.5 Å². The van der Waals surface area contributed by atoms with Gasteiger partial charge in [-0.15, -0.1) is 0 Å². The minimum absolute atomic E-state index is 0.174. The molecule has 1 spiro atoms. The molecule has 1 saturated heterocycles. The number of rotatable bonds is 3. The summed E-state index contributed by atoms with van der Waals surface area (Å²) < 4.78 is 6.56. The first-order valence-electron chi connectivity index (χ1n) is 9.34. The van der Waals surface area contributed by atoms with Gasteiger partial charge in [0, 0.05) is 24.1 Å². The molecule has 2 aliphatic heterocycles. The average molecular weight is 342 g/mol. The van der Waals surface area contributed by atoms with Gasteiger partial charge in [0.15, 0.2) is 11.5 Å². The summed E-state index contributed by atoms with van der Waals surface area (Å²) in [6.07, 6.45) is 5.58. The highest BCUT2D eigenvalue weighted by molar-refractivity contribution is 5.63. The molecule has 5 nitrogen and oxygen atoms in total. The van der Waals surface area contributed by atoms with E-state index in [0.717, 1.165) is 37.4 Å². The lowest BCUT2D eigenvalue weighted by Gasteiger charge is -2.60. The lowest BCUT2D eigenvalue weighted by atomic mass is 9.49. The van der Waals surface area contributed by atoms with Gasteiger partial charge in [-0.2, -0.15) is 5.48 Å². The predicted molar refractivity (Wildman–Crippen MR) is 94.8 cm³/mol. The molecule has 2 bridgehead atoms. The van der Waals surface area contributed by atoms with Gasteiger partial charge in [-0.1, -0.05) is 18.2 Å². The van der Waals surface area contributed by atoms with Crippen LogP contribution in [0.1, 0.15) is 31.4 Å². The molecule has 5 rings (SSSR count). The van der Waals surface area contributed by atoms with Crippen molar-refractivity contribution in [2.24, 2.45) is 5.92 Å². The Labute approximate surface area is 148 Å². The molecule has 134 valence electrons. The average Bonchev–Trinajstić information content (AvgIpc) is 2.88. The van der Waals surface area contributed by atoms with Gasteiger partial charge >= 0.3 is 0 Å². The van der Waals surface area contributed by atoms with Crippen molar-refractivity contribution in [2.45, 2.75) is 49.9 Å². The number of ether oxygens (including phenoxy) is 1. The van der Waals surface area contributed by atoms with E-state index >= 15 is 0 Å². The number of likely N-dealkylation sites (N-methyl/N-ethyl adjacent to an activating group) is 1. The quantitative estimate of drug-likeness (QED) is 0.648. The van der Waals surface area contributed by atoms with Gasteiger partial charge < -0.3 is 19.6 Å². The molecule has 0 radical (unpaired) electrons. The largest absolute Gasteiger partial charge is 0.479 e. The maximum absolute atomic E-state index is 10.9. The summed E-state index contributed by atoms with van der Waals surface area (Å²) in [5.74, 6) is 1.92. The lowest BCUT2D eigenvalue weighted by Crippen LogP contribution is -2.70. The number of hydroxylamine groups is 1. The molecule has 1 aromatic rings. The molecule has 0 aromatic heterocycles. The highest BCUT2D eigenvalue weighted by Crippen LogP contribution is 2.66. The van der Waals surface area contributed by atoms with Crippen molar-refractivity contribution in [2.75, 3.05) is 20.1 Å². The minimum Gasteiger partial charge on any atom is -0.479 e. The van der Waals surface area contributed by atoms with Crippen molar-refractivity contribution in [3.05, 3.63) is 35.4 Å². The Hall–Kier alpha value is -1.56. The standard InChI is InChI=1S/C20H26N2O3/c1-4-21-25-15-7-5-12-11-14-13-6-8-16(23)19(2)20(13,9-10-22(14)3)17(12)18(15)24-19/h5-8,13-14,16,21,23H,4,9-11H2,1-3H3/t13-,14+,16-,19-,20-/m0/s1. The van der Waals surface area contributed by atoms with Crippen LogP contribution in [-0.2, 0) is 11.8 Å². The molecule has 2 heterocycles. The van der Waals surface area contributed by atoms with Crippen LogP contribution in [0.15, 0.2) is 24.3 Å². The maximum Gasteiger partial charge on any atom is 0.189 e. The van der Waals surface area contributed by atoms with E-state index < -0.39 is 11.7 Å². The van der Waals surface area contributed by atoms with Crippen molar-refractivity contribution in [3.8, 4) is 11.5 Å². The third-order valence-electron chi connectivity index (χ3n) is 7.08. The molecule has 5 atom stereocenters. The van der Waals surface area contributed by atoms with E-state index in [4.69, 9.17) is 9.57 Å². The van der Waals surface area contributed by atoms with Crippen LogP contribution in [0.3, 0.4) is 0 Å². The predicted octanol–water partition coefficient (Wildman–Crippen LogP) is 1.79. The van der Waals surface area contributed by atoms with Crippen molar-refractivity contribution in [1.82, 2.24) is 10.4 Å². The van der Waals surface area contributed by atoms with E-state index in [1.807, 2.05) is 19.1 Å². The fourth-order valence-electron chi connectivity index (χ4n) is 5.84. The van der Waals surface area contributed by atoms with Crippen molar-refractivity contribution in [3.63, 3.8) is 0 Å². The number of aliphatic hydroxyl groups excluding tert-OH is 1. The van der Waals surface area contributed by atoms with Crippen LogP contribution in [0.2, 0.25) is 0 Å². The third kappa shape index (κ3) is 1.69. The van der Waals surface area contributed by atoms with E-state index in [1.54, 1.807) is 0 Å². The number of piperidine rings is 1. The molecular formula is C20H26N2O3. The number of hydrogen-bond acceptors (Lipinski definition) is 5. The van der Waals surface area contributed by atoms with Gasteiger partial charge in [-0.3, -0.25) is 0 Å². The maximum atomic E-state index is 10.9. The Balaban J connectivity index is 1.77. The van der Waals surface area contributed by atoms with E-state index in [0.29, 0.717) is 12.0 Å². The number of nitrogens with zero attached hydrogens (tertiary/aromatic N) is 1. The van der Waals surface area contributed by atoms with E-state index in [9.17, 15) is 5.11 Å². The highest BCUT2D eigenvalue weighted by atomic mass is 16.7. The summed E-state index contributed by atoms with van der Waals surface area (Å²) in [6.45, 7) is 5.84. The van der Waals surface area contributed by atoms with Crippen LogP contribution in [0.4, 0.5) is 0 Å². The zero-order chi connectivity index (χ0) is 17.4. The van der Waals surface area contributed by atoms with E-state index in [1.165, 1.54) is 11.1 Å². The molecule has 1 aromatic carbocycles. The molecule has 0 amide bonds. The van der Waals surface area contributed by atoms with Gasteiger partial charge in [-0.25, -0.2) is 0 Å². The van der Waals surface area contributed by atoms with Crippen LogP contribution in [0.5, 0.6) is 11.5 Å². The summed E-state index contributed by atoms with van der Waals surface area (Å²) in [6, 6.07) is 4.65. The Kier molecular flexibility index (Phi) is 3.13. The Morgan fingerprint density at radius 2 is 2.24 bits per heavy atom. The lowest BCUT2D eigenvalue weighted by molar-refractivity contribution is -0.110. The number of nitrogens with one attached hydrogen (secondary N) is 1. The van der Waals surface area contributed by atoms with Crippen LogP contribution in [0.25, 0.3) is 0 Å². The summed E-state index contributed by atoms with van der Waals surface area (Å²) >= 11 is 0. The normalized spacial score (nSPS) is 40.6. The number of hydrogen-bond donors (Lipinski definition) is 2. The van der Waals surface area contributed by atoms with Gasteiger partial charge in [0.2, 0.25) is 0 Å². The smallest absolute Gasteiger partial charge is 0.189 e. The Bertz CT molecular complexity index is 764. The summed E-state index contributed by atoms with van der Waals surface area (Å²) in [4.78, 5) is 8.24. The fourth-order valence-corrected chi connectivity index (χ4v) is 5.84. The zero-order valence-corrected chi connectivity index (χ0v) is 15.1. The summed E-state index contributed by atoms with van der Waals surface area (Å²) in [7, 11) is 2.22.